The average Bonchev–Trinajstić information content (AvgIpc) is 2.66. The molecule has 0 spiro atoms. The van der Waals surface area contributed by atoms with Gasteiger partial charge in [0.05, 0.1) is 12.0 Å². The van der Waals surface area contributed by atoms with Gasteiger partial charge in [0, 0.05) is 17.8 Å². The van der Waals surface area contributed by atoms with Crippen LogP contribution in [0.1, 0.15) is 18.4 Å². The first-order valence-corrected chi connectivity index (χ1v) is 8.31. The van der Waals surface area contributed by atoms with E-state index in [0.29, 0.717) is 5.69 Å². The van der Waals surface area contributed by atoms with E-state index < -0.39 is 41.9 Å². The van der Waals surface area contributed by atoms with E-state index in [4.69, 9.17) is 0 Å². The molecule has 0 aliphatic carbocycles. The molecule has 0 aliphatic heterocycles. The molecule has 154 valence electrons. The maximum Gasteiger partial charge on any atom is 0.416 e. The summed E-state index contributed by atoms with van der Waals surface area (Å²) in [4.78, 5) is 35.0. The van der Waals surface area contributed by atoms with Crippen LogP contribution in [-0.4, -0.2) is 24.4 Å². The zero-order chi connectivity index (χ0) is 21.4. The van der Waals surface area contributed by atoms with Crippen molar-refractivity contribution in [2.75, 3.05) is 17.2 Å². The fourth-order valence-electron chi connectivity index (χ4n) is 2.16. The third-order valence-electron chi connectivity index (χ3n) is 3.52. The van der Waals surface area contributed by atoms with Crippen molar-refractivity contribution in [3.63, 3.8) is 0 Å². The van der Waals surface area contributed by atoms with E-state index in [2.05, 4.69) is 15.4 Å². The third-order valence-corrected chi connectivity index (χ3v) is 3.52. The molecule has 2 rings (SSSR count). The zero-order valence-corrected chi connectivity index (χ0v) is 14.9. The van der Waals surface area contributed by atoms with Crippen molar-refractivity contribution in [1.82, 2.24) is 0 Å². The smallest absolute Gasteiger partial charge is 0.416 e. The van der Waals surface area contributed by atoms with Gasteiger partial charge in [-0.25, -0.2) is 4.39 Å². The molecule has 2 amide bonds. The van der Waals surface area contributed by atoms with E-state index in [9.17, 15) is 31.9 Å². The minimum absolute atomic E-state index is 0.0976. The second-order valence-electron chi connectivity index (χ2n) is 5.84. The van der Waals surface area contributed by atoms with Crippen LogP contribution in [0.15, 0.2) is 48.5 Å². The molecule has 2 N–H and O–H groups in total. The van der Waals surface area contributed by atoms with Crippen molar-refractivity contribution in [2.45, 2.75) is 19.0 Å². The van der Waals surface area contributed by atoms with Crippen LogP contribution in [-0.2, 0) is 25.3 Å². The fourth-order valence-corrected chi connectivity index (χ4v) is 2.16. The van der Waals surface area contributed by atoms with Crippen LogP contribution in [0.2, 0.25) is 0 Å². The van der Waals surface area contributed by atoms with Crippen LogP contribution in [0.3, 0.4) is 0 Å². The van der Waals surface area contributed by atoms with Crippen molar-refractivity contribution in [3.05, 3.63) is 59.9 Å². The summed E-state index contributed by atoms with van der Waals surface area (Å²) < 4.78 is 55.4. The Labute approximate surface area is 162 Å². The first-order chi connectivity index (χ1) is 13.6. The van der Waals surface area contributed by atoms with E-state index >= 15 is 0 Å². The lowest BCUT2D eigenvalue weighted by molar-refractivity contribution is -0.147. The number of alkyl halides is 3. The van der Waals surface area contributed by atoms with Crippen LogP contribution in [0.25, 0.3) is 0 Å². The van der Waals surface area contributed by atoms with Crippen molar-refractivity contribution in [3.8, 4) is 0 Å². The Kier molecular flexibility index (Phi) is 7.29. The van der Waals surface area contributed by atoms with E-state index in [1.807, 2.05) is 0 Å². The third kappa shape index (κ3) is 7.60. The Morgan fingerprint density at radius 3 is 2.17 bits per heavy atom. The van der Waals surface area contributed by atoms with Gasteiger partial charge in [0.25, 0.3) is 5.91 Å². The van der Waals surface area contributed by atoms with Gasteiger partial charge in [-0.05, 0) is 42.5 Å². The Morgan fingerprint density at radius 1 is 0.862 bits per heavy atom. The van der Waals surface area contributed by atoms with E-state index in [-0.39, 0.29) is 18.5 Å². The molecule has 0 bridgehead atoms. The number of esters is 1. The number of ether oxygens (including phenoxy) is 1. The highest BCUT2D eigenvalue weighted by molar-refractivity contribution is 5.94. The Bertz CT molecular complexity index is 883. The second kappa shape index (κ2) is 9.67. The molecule has 0 atom stereocenters. The number of carbonyl (C=O) groups is 3. The highest BCUT2D eigenvalue weighted by atomic mass is 19.4. The monoisotopic (exact) mass is 412 g/mol. The highest BCUT2D eigenvalue weighted by Crippen LogP contribution is 2.30. The molecular weight excluding hydrogens is 396 g/mol. The van der Waals surface area contributed by atoms with Crippen LogP contribution >= 0.6 is 0 Å². The molecule has 2 aromatic rings. The molecule has 10 heteroatoms. The highest BCUT2D eigenvalue weighted by Gasteiger charge is 2.30. The second-order valence-corrected chi connectivity index (χ2v) is 5.84. The molecule has 2 aromatic carbocycles. The first kappa shape index (κ1) is 21.9. The summed E-state index contributed by atoms with van der Waals surface area (Å²) in [5, 5.41) is 4.64. The summed E-state index contributed by atoms with van der Waals surface area (Å²) in [5.41, 5.74) is -0.677. The largest absolute Gasteiger partial charge is 0.456 e. The van der Waals surface area contributed by atoms with E-state index in [0.717, 1.165) is 30.3 Å². The van der Waals surface area contributed by atoms with Gasteiger partial charge in [-0.2, -0.15) is 13.2 Å². The van der Waals surface area contributed by atoms with Crippen molar-refractivity contribution in [1.29, 1.82) is 0 Å². The predicted molar refractivity (Wildman–Crippen MR) is 95.3 cm³/mol. The number of halogens is 4. The summed E-state index contributed by atoms with van der Waals surface area (Å²) in [5.74, 6) is -2.64. The normalized spacial score (nSPS) is 10.9. The molecule has 0 unspecified atom stereocenters. The van der Waals surface area contributed by atoms with E-state index in [1.165, 1.54) is 18.2 Å². The minimum atomic E-state index is -4.55. The summed E-state index contributed by atoms with van der Waals surface area (Å²) in [6, 6.07) is 9.01. The van der Waals surface area contributed by atoms with Gasteiger partial charge < -0.3 is 15.4 Å². The van der Waals surface area contributed by atoms with Crippen LogP contribution < -0.4 is 10.6 Å². The Morgan fingerprint density at radius 2 is 1.52 bits per heavy atom. The molecular formula is C19H16F4N2O4. The lowest BCUT2D eigenvalue weighted by Crippen LogP contribution is -2.22. The molecule has 0 aliphatic rings. The van der Waals surface area contributed by atoms with Gasteiger partial charge in [0.2, 0.25) is 5.91 Å². The number of carbonyl (C=O) groups excluding carboxylic acids is 3. The SMILES string of the molecule is O=C(CCC(=O)OCC(=O)Nc1cccc(C(F)(F)F)c1)Nc1ccc(F)cc1. The molecule has 6 nitrogen and oxygen atoms in total. The number of amides is 2. The molecule has 0 saturated heterocycles. The van der Waals surface area contributed by atoms with Gasteiger partial charge in [-0.1, -0.05) is 6.07 Å². The Balaban J connectivity index is 1.72. The number of nitrogens with one attached hydrogen (secondary N) is 2. The lowest BCUT2D eigenvalue weighted by atomic mass is 10.2. The first-order valence-electron chi connectivity index (χ1n) is 8.31. The average molecular weight is 412 g/mol. The molecule has 29 heavy (non-hydrogen) atoms. The summed E-state index contributed by atoms with van der Waals surface area (Å²) in [6.45, 7) is -0.714. The van der Waals surface area contributed by atoms with Crippen molar-refractivity contribution in [2.24, 2.45) is 0 Å². The number of hydrogen-bond acceptors (Lipinski definition) is 4. The van der Waals surface area contributed by atoms with Gasteiger partial charge in [0.15, 0.2) is 6.61 Å². The fraction of sp³-hybridized carbons (Fsp3) is 0.211. The number of benzene rings is 2. The van der Waals surface area contributed by atoms with Gasteiger partial charge in [-0.3, -0.25) is 14.4 Å². The number of hydrogen-bond donors (Lipinski definition) is 2. The van der Waals surface area contributed by atoms with E-state index in [1.54, 1.807) is 0 Å². The Hall–Kier alpha value is -3.43. The van der Waals surface area contributed by atoms with Crippen LogP contribution in [0.5, 0.6) is 0 Å². The summed E-state index contributed by atoms with van der Waals surface area (Å²) in [7, 11) is 0. The quantitative estimate of drug-likeness (QED) is 0.536. The van der Waals surface area contributed by atoms with Gasteiger partial charge >= 0.3 is 12.1 Å². The lowest BCUT2D eigenvalue weighted by Gasteiger charge is -2.10. The molecule has 0 fully saturated rings. The molecule has 0 aromatic heterocycles. The van der Waals surface area contributed by atoms with Crippen molar-refractivity contribution >= 4 is 29.2 Å². The van der Waals surface area contributed by atoms with Crippen molar-refractivity contribution < 1.29 is 36.7 Å². The standard InChI is InChI=1S/C19H16F4N2O4/c20-13-4-6-14(7-5-13)24-16(26)8-9-18(28)29-11-17(27)25-15-3-1-2-12(10-15)19(21,22)23/h1-7,10H,8-9,11H2,(H,24,26)(H,25,27). The minimum Gasteiger partial charge on any atom is -0.456 e. The zero-order valence-electron chi connectivity index (χ0n) is 14.9. The topological polar surface area (TPSA) is 84.5 Å². The summed E-state index contributed by atoms with van der Waals surface area (Å²) >= 11 is 0. The predicted octanol–water partition coefficient (Wildman–Crippen LogP) is 3.75. The maximum absolute atomic E-state index is 12.8. The van der Waals surface area contributed by atoms with Gasteiger partial charge in [-0.15, -0.1) is 0 Å². The molecule has 0 saturated carbocycles. The number of rotatable bonds is 7. The molecule has 0 heterocycles. The van der Waals surface area contributed by atoms with Gasteiger partial charge in [0.1, 0.15) is 5.82 Å². The summed E-state index contributed by atoms with van der Waals surface area (Å²) in [6.07, 6.45) is -5.10. The van der Waals surface area contributed by atoms with Crippen LogP contribution in [0.4, 0.5) is 28.9 Å². The number of anilines is 2. The maximum atomic E-state index is 12.8. The van der Waals surface area contributed by atoms with Crippen LogP contribution in [0, 0.1) is 5.82 Å². The molecule has 0 radical (unpaired) electrons.